The molecule has 0 aliphatic carbocycles. The molecule has 1 N–H and O–H groups in total. The van der Waals surface area contributed by atoms with Gasteiger partial charge in [0.2, 0.25) is 0 Å². The van der Waals surface area contributed by atoms with E-state index in [0.717, 1.165) is 0 Å². The third kappa shape index (κ3) is 2.97. The highest BCUT2D eigenvalue weighted by Gasteiger charge is 2.24. The van der Waals surface area contributed by atoms with Crippen LogP contribution in [0.15, 0.2) is 36.4 Å². The summed E-state index contributed by atoms with van der Waals surface area (Å²) in [5, 5.41) is 10.6. The van der Waals surface area contributed by atoms with Gasteiger partial charge in [0.15, 0.2) is 5.75 Å². The molecule has 1 heterocycles. The highest BCUT2D eigenvalue weighted by atomic mass is 35.5. The van der Waals surface area contributed by atoms with E-state index >= 15 is 0 Å². The minimum absolute atomic E-state index is 0.00807. The molecule has 0 aliphatic heterocycles. The summed E-state index contributed by atoms with van der Waals surface area (Å²) < 4.78 is 6.63. The third-order valence-corrected chi connectivity index (χ3v) is 4.58. The average molecular weight is 378 g/mol. The Bertz CT molecular complexity index is 1020. The normalized spacial score (nSPS) is 10.9. The Labute approximate surface area is 153 Å². The number of phenolic OH excluding ortho intramolecular Hbond substituents is 1. The van der Waals surface area contributed by atoms with Gasteiger partial charge in [0, 0.05) is 12.3 Å². The second-order valence-corrected chi connectivity index (χ2v) is 6.24. The fraction of sp³-hybridized carbons (Fsp3) is 0.111. The van der Waals surface area contributed by atoms with Crippen LogP contribution in [0, 0.1) is 6.92 Å². The van der Waals surface area contributed by atoms with Crippen LogP contribution in [-0.2, 0) is 4.79 Å². The number of fused-ring (bicyclic) bond motifs is 1. The molecular weight excluding hydrogens is 365 g/mol. The topological polar surface area (TPSA) is 68.5 Å². The lowest BCUT2D eigenvalue weighted by Gasteiger charge is -2.09. The molecule has 1 aromatic heterocycles. The van der Waals surface area contributed by atoms with Crippen LogP contribution >= 0.6 is 23.2 Å². The van der Waals surface area contributed by atoms with Gasteiger partial charge in [0.05, 0.1) is 26.8 Å². The van der Waals surface area contributed by atoms with E-state index in [2.05, 4.69) is 0 Å². The van der Waals surface area contributed by atoms with Crippen LogP contribution in [0.5, 0.6) is 11.5 Å². The molecule has 0 amide bonds. The fourth-order valence-electron chi connectivity index (χ4n) is 2.70. The molecule has 128 valence electrons. The summed E-state index contributed by atoms with van der Waals surface area (Å²) in [5.41, 5.74) is 1.11. The number of esters is 1. The van der Waals surface area contributed by atoms with Crippen molar-refractivity contribution in [3.8, 4) is 11.5 Å². The molecule has 5 nitrogen and oxygen atoms in total. The minimum atomic E-state index is -0.529. The van der Waals surface area contributed by atoms with Crippen molar-refractivity contribution in [3.63, 3.8) is 0 Å². The molecule has 7 heteroatoms. The van der Waals surface area contributed by atoms with Crippen molar-refractivity contribution in [2.75, 3.05) is 0 Å². The van der Waals surface area contributed by atoms with E-state index in [-0.39, 0.29) is 27.1 Å². The van der Waals surface area contributed by atoms with E-state index in [4.69, 9.17) is 27.9 Å². The number of aromatic hydroxyl groups is 1. The largest absolute Gasteiger partial charge is 0.508 e. The molecule has 0 fully saturated rings. The molecule has 0 saturated carbocycles. The number of phenols is 1. The molecule has 0 unspecified atom stereocenters. The highest BCUT2D eigenvalue weighted by molar-refractivity contribution is 6.44. The summed E-state index contributed by atoms with van der Waals surface area (Å²) >= 11 is 12.2. The smallest absolute Gasteiger partial charge is 0.308 e. The molecule has 25 heavy (non-hydrogen) atoms. The second kappa shape index (κ2) is 6.43. The van der Waals surface area contributed by atoms with Gasteiger partial charge in [0.1, 0.15) is 5.75 Å². The van der Waals surface area contributed by atoms with Crippen LogP contribution in [0.2, 0.25) is 10.0 Å². The molecule has 0 aliphatic rings. The first-order chi connectivity index (χ1) is 11.8. The average Bonchev–Trinajstić information content (AvgIpc) is 2.81. The number of carbonyl (C=O) groups excluding carboxylic acids is 2. The van der Waals surface area contributed by atoms with Crippen LogP contribution in [0.3, 0.4) is 0 Å². The molecular formula is C18H13Cl2NO4. The van der Waals surface area contributed by atoms with Gasteiger partial charge in [0.25, 0.3) is 5.91 Å². The molecule has 0 saturated heterocycles. The molecule has 0 bridgehead atoms. The van der Waals surface area contributed by atoms with Gasteiger partial charge in [-0.2, -0.15) is 0 Å². The Kier molecular flexibility index (Phi) is 4.45. The summed E-state index contributed by atoms with van der Waals surface area (Å²) in [7, 11) is 0. The van der Waals surface area contributed by atoms with Crippen LogP contribution < -0.4 is 4.74 Å². The van der Waals surface area contributed by atoms with Gasteiger partial charge >= 0.3 is 5.97 Å². The maximum Gasteiger partial charge on any atom is 0.308 e. The van der Waals surface area contributed by atoms with Crippen molar-refractivity contribution in [1.29, 1.82) is 0 Å². The Morgan fingerprint density at radius 2 is 1.88 bits per heavy atom. The summed E-state index contributed by atoms with van der Waals surface area (Å²) in [6.45, 7) is 2.91. The fourth-order valence-corrected chi connectivity index (χ4v) is 3.08. The van der Waals surface area contributed by atoms with Crippen molar-refractivity contribution < 1.29 is 19.4 Å². The third-order valence-electron chi connectivity index (χ3n) is 3.76. The lowest BCUT2D eigenvalue weighted by atomic mass is 10.2. The van der Waals surface area contributed by atoms with Gasteiger partial charge in [-0.05, 0) is 37.3 Å². The first-order valence-electron chi connectivity index (χ1n) is 7.32. The quantitative estimate of drug-likeness (QED) is 0.663. The SMILES string of the molecule is CC(=O)Oc1c(C)n(C(=O)c2cccc(Cl)c2Cl)c2ccc(O)cc12. The molecule has 3 aromatic rings. The molecule has 0 spiro atoms. The molecule has 3 rings (SSSR count). The van der Waals surface area contributed by atoms with E-state index in [9.17, 15) is 14.7 Å². The monoisotopic (exact) mass is 377 g/mol. The number of aromatic nitrogens is 1. The summed E-state index contributed by atoms with van der Waals surface area (Å²) in [6, 6.07) is 9.23. The molecule has 2 aromatic carbocycles. The van der Waals surface area contributed by atoms with Gasteiger partial charge in [-0.1, -0.05) is 29.3 Å². The van der Waals surface area contributed by atoms with Crippen molar-refractivity contribution >= 4 is 46.0 Å². The van der Waals surface area contributed by atoms with Gasteiger partial charge in [-0.15, -0.1) is 0 Å². The van der Waals surface area contributed by atoms with Crippen LogP contribution in [0.4, 0.5) is 0 Å². The maximum atomic E-state index is 13.1. The first-order valence-corrected chi connectivity index (χ1v) is 8.08. The number of halogens is 2. The Hall–Kier alpha value is -2.50. The lowest BCUT2D eigenvalue weighted by Crippen LogP contribution is -2.14. The van der Waals surface area contributed by atoms with Crippen molar-refractivity contribution in [2.24, 2.45) is 0 Å². The van der Waals surface area contributed by atoms with Gasteiger partial charge < -0.3 is 9.84 Å². The number of rotatable bonds is 2. The molecule has 0 atom stereocenters. The second-order valence-electron chi connectivity index (χ2n) is 5.45. The zero-order valence-electron chi connectivity index (χ0n) is 13.3. The Morgan fingerprint density at radius 1 is 1.16 bits per heavy atom. The number of ether oxygens (including phenoxy) is 1. The van der Waals surface area contributed by atoms with Gasteiger partial charge in [-0.3, -0.25) is 14.2 Å². The number of nitrogens with zero attached hydrogens (tertiary/aromatic N) is 1. The van der Waals surface area contributed by atoms with Crippen molar-refractivity contribution in [3.05, 3.63) is 57.7 Å². The van der Waals surface area contributed by atoms with E-state index < -0.39 is 11.9 Å². The number of benzene rings is 2. The Morgan fingerprint density at radius 3 is 2.56 bits per heavy atom. The van der Waals surface area contributed by atoms with Crippen molar-refractivity contribution in [1.82, 2.24) is 4.57 Å². The molecule has 0 radical (unpaired) electrons. The van der Waals surface area contributed by atoms with E-state index in [1.807, 2.05) is 0 Å². The van der Waals surface area contributed by atoms with Crippen molar-refractivity contribution in [2.45, 2.75) is 13.8 Å². The zero-order valence-corrected chi connectivity index (χ0v) is 14.9. The maximum absolute atomic E-state index is 13.1. The van der Waals surface area contributed by atoms with Crippen LogP contribution in [-0.4, -0.2) is 21.6 Å². The number of carbonyl (C=O) groups is 2. The summed E-state index contributed by atoms with van der Waals surface area (Å²) in [6.07, 6.45) is 0. The van der Waals surface area contributed by atoms with E-state index in [0.29, 0.717) is 16.6 Å². The predicted molar refractivity (Wildman–Crippen MR) is 95.8 cm³/mol. The summed E-state index contributed by atoms with van der Waals surface area (Å²) in [5.74, 6) is -0.742. The summed E-state index contributed by atoms with van der Waals surface area (Å²) in [4.78, 5) is 24.5. The minimum Gasteiger partial charge on any atom is -0.508 e. The zero-order chi connectivity index (χ0) is 18.3. The number of hydrogen-bond acceptors (Lipinski definition) is 4. The van der Waals surface area contributed by atoms with E-state index in [1.165, 1.54) is 23.6 Å². The number of hydrogen-bond donors (Lipinski definition) is 1. The van der Waals surface area contributed by atoms with Crippen LogP contribution in [0.25, 0.3) is 10.9 Å². The Balaban J connectivity index is 2.29. The first kappa shape index (κ1) is 17.3. The lowest BCUT2D eigenvalue weighted by molar-refractivity contribution is -0.131. The van der Waals surface area contributed by atoms with Gasteiger partial charge in [-0.25, -0.2) is 0 Å². The standard InChI is InChI=1S/C18H13Cl2NO4/c1-9-17(25-10(2)22)13-8-11(23)6-7-15(13)21(9)18(24)12-4-3-5-14(19)16(12)20/h3-8,23H,1-2H3. The predicted octanol–water partition coefficient (Wildman–Crippen LogP) is 4.58. The highest BCUT2D eigenvalue weighted by Crippen LogP contribution is 2.36. The van der Waals surface area contributed by atoms with E-state index in [1.54, 1.807) is 31.2 Å². The van der Waals surface area contributed by atoms with Crippen LogP contribution in [0.1, 0.15) is 23.0 Å².